The molecular formula is C7H9N3O4. The molecule has 0 radical (unpaired) electrons. The molecule has 1 aromatic carbocycles. The summed E-state index contributed by atoms with van der Waals surface area (Å²) in [4.78, 5) is 19.9. The summed E-state index contributed by atoms with van der Waals surface area (Å²) in [6.45, 7) is 0. The van der Waals surface area contributed by atoms with Crippen LogP contribution >= 0.6 is 0 Å². The van der Waals surface area contributed by atoms with Gasteiger partial charge in [-0.1, -0.05) is 6.07 Å². The van der Waals surface area contributed by atoms with Gasteiger partial charge in [0.1, 0.15) is 5.69 Å². The number of carboxylic acid groups (broad SMARTS) is 1. The van der Waals surface area contributed by atoms with Crippen LogP contribution in [0.3, 0.4) is 0 Å². The molecule has 0 fully saturated rings. The molecule has 6 N–H and O–H groups in total. The molecule has 0 atom stereocenters. The number of carboxylic acids is 1. The lowest BCUT2D eigenvalue weighted by atomic mass is 10.1. The quantitative estimate of drug-likeness (QED) is 0.388. The van der Waals surface area contributed by atoms with Crippen molar-refractivity contribution in [1.82, 2.24) is 6.15 Å². The number of hydrogen-bond acceptors (Lipinski definition) is 5. The van der Waals surface area contributed by atoms with E-state index in [2.05, 4.69) is 0 Å². The fraction of sp³-hybridized carbons (Fsp3) is 0. The number of para-hydroxylation sites is 1. The number of nitrogens with two attached hydrogens (primary N) is 1. The molecule has 0 aliphatic carbocycles. The van der Waals surface area contributed by atoms with Crippen LogP contribution < -0.4 is 17.0 Å². The van der Waals surface area contributed by atoms with Crippen molar-refractivity contribution >= 4 is 17.3 Å². The van der Waals surface area contributed by atoms with E-state index in [0.717, 1.165) is 6.07 Å². The first-order chi connectivity index (χ1) is 6.04. The molecule has 0 aliphatic rings. The van der Waals surface area contributed by atoms with Crippen LogP contribution in [0.25, 0.3) is 0 Å². The second-order valence-corrected chi connectivity index (χ2v) is 2.29. The lowest BCUT2D eigenvalue weighted by molar-refractivity contribution is -0.384. The normalized spacial score (nSPS) is 8.86. The van der Waals surface area contributed by atoms with Gasteiger partial charge in [-0.3, -0.25) is 10.1 Å². The molecule has 1 rings (SSSR count). The van der Waals surface area contributed by atoms with Crippen molar-refractivity contribution in [3.63, 3.8) is 0 Å². The number of nitro groups is 1. The maximum Gasteiger partial charge on any atom is 0.301 e. The summed E-state index contributed by atoms with van der Waals surface area (Å²) in [7, 11) is 0. The van der Waals surface area contributed by atoms with Gasteiger partial charge in [0, 0.05) is 0 Å². The van der Waals surface area contributed by atoms with E-state index in [1.165, 1.54) is 12.1 Å². The average Bonchev–Trinajstić information content (AvgIpc) is 2.02. The zero-order chi connectivity index (χ0) is 10.0. The minimum absolute atomic E-state index is 0. The average molecular weight is 199 g/mol. The molecule has 0 aromatic heterocycles. The molecule has 0 spiro atoms. The van der Waals surface area contributed by atoms with Crippen molar-refractivity contribution < 1.29 is 14.8 Å². The predicted molar refractivity (Wildman–Crippen MR) is 47.8 cm³/mol. The van der Waals surface area contributed by atoms with Crippen molar-refractivity contribution in [1.29, 1.82) is 0 Å². The summed E-state index contributed by atoms with van der Waals surface area (Å²) >= 11 is 0. The Bertz CT molecular complexity index is 377. The van der Waals surface area contributed by atoms with Crippen molar-refractivity contribution in [3.05, 3.63) is 33.9 Å². The lowest BCUT2D eigenvalue weighted by Gasteiger charge is -2.04. The number of carbonyl (C=O) groups excluding carboxylic acids is 1. The topological polar surface area (TPSA) is 146 Å². The summed E-state index contributed by atoms with van der Waals surface area (Å²) in [5.74, 6) is -1.61. The number of hydrogen-bond donors (Lipinski definition) is 2. The lowest BCUT2D eigenvalue weighted by Crippen LogP contribution is -2.23. The molecule has 14 heavy (non-hydrogen) atoms. The third-order valence-corrected chi connectivity index (χ3v) is 1.47. The van der Waals surface area contributed by atoms with E-state index in [-0.39, 0.29) is 11.8 Å². The third kappa shape index (κ3) is 1.96. The zero-order valence-electron chi connectivity index (χ0n) is 7.39. The van der Waals surface area contributed by atoms with Gasteiger partial charge in [-0.05, 0) is 12.1 Å². The fourth-order valence-corrected chi connectivity index (χ4v) is 0.930. The maximum atomic E-state index is 10.4. The minimum atomic E-state index is -1.61. The Morgan fingerprint density at radius 2 is 2.00 bits per heavy atom. The highest BCUT2D eigenvalue weighted by Gasteiger charge is 2.17. The molecule has 0 saturated heterocycles. The number of quaternary nitrogens is 1. The second-order valence-electron chi connectivity index (χ2n) is 2.29. The van der Waals surface area contributed by atoms with E-state index in [1.54, 1.807) is 0 Å². The summed E-state index contributed by atoms with van der Waals surface area (Å²) in [5, 5.41) is 20.8. The van der Waals surface area contributed by atoms with Crippen molar-refractivity contribution in [3.8, 4) is 0 Å². The molecule has 0 unspecified atom stereocenters. The van der Waals surface area contributed by atoms with Gasteiger partial charge in [-0.25, -0.2) is 0 Å². The summed E-state index contributed by atoms with van der Waals surface area (Å²) in [6.07, 6.45) is 0. The molecule has 76 valence electrons. The monoisotopic (exact) mass is 199 g/mol. The van der Waals surface area contributed by atoms with E-state index < -0.39 is 22.1 Å². The van der Waals surface area contributed by atoms with E-state index in [1.807, 2.05) is 0 Å². The fourth-order valence-electron chi connectivity index (χ4n) is 0.930. The van der Waals surface area contributed by atoms with Crippen LogP contribution in [0.4, 0.5) is 11.4 Å². The van der Waals surface area contributed by atoms with Crippen LogP contribution in [0, 0.1) is 10.1 Å². The first-order valence-electron chi connectivity index (χ1n) is 3.28. The third-order valence-electron chi connectivity index (χ3n) is 1.47. The summed E-state index contributed by atoms with van der Waals surface area (Å²) in [6, 6.07) is 3.64. The Hall–Kier alpha value is -2.15. The standard InChI is InChI=1S/C7H6N2O4.H3N/c8-5-3-1-2-4(7(10)11)6(5)9(12)13;/h1-3H,8H2,(H,10,11);1H3. The van der Waals surface area contributed by atoms with E-state index >= 15 is 0 Å². The number of aromatic carboxylic acids is 1. The zero-order valence-corrected chi connectivity index (χ0v) is 7.39. The number of carbonyl (C=O) groups is 1. The highest BCUT2D eigenvalue weighted by molar-refractivity contribution is 5.93. The maximum absolute atomic E-state index is 10.4. The molecule has 0 saturated carbocycles. The van der Waals surface area contributed by atoms with Gasteiger partial charge >= 0.3 is 5.69 Å². The highest BCUT2D eigenvalue weighted by Crippen LogP contribution is 2.24. The van der Waals surface area contributed by atoms with Gasteiger partial charge < -0.3 is 21.8 Å². The number of nitrogens with zero attached hydrogens (tertiary/aromatic N) is 1. The van der Waals surface area contributed by atoms with E-state index in [4.69, 9.17) is 5.73 Å². The van der Waals surface area contributed by atoms with Gasteiger partial charge in [0.2, 0.25) is 0 Å². The number of benzene rings is 1. The van der Waals surface area contributed by atoms with Crippen molar-refractivity contribution in [2.24, 2.45) is 0 Å². The molecular weight excluding hydrogens is 190 g/mol. The number of anilines is 1. The van der Waals surface area contributed by atoms with Crippen molar-refractivity contribution in [2.45, 2.75) is 0 Å². The number of rotatable bonds is 2. The van der Waals surface area contributed by atoms with E-state index in [0.29, 0.717) is 0 Å². The number of nitro benzene ring substituents is 1. The Labute approximate surface area is 78.9 Å². The molecule has 1 aromatic rings. The Morgan fingerprint density at radius 1 is 1.43 bits per heavy atom. The highest BCUT2D eigenvalue weighted by atomic mass is 16.6. The molecule has 0 amide bonds. The molecule has 0 heterocycles. The molecule has 7 heteroatoms. The van der Waals surface area contributed by atoms with Crippen LogP contribution in [0.1, 0.15) is 10.4 Å². The van der Waals surface area contributed by atoms with Crippen LogP contribution in [0.5, 0.6) is 0 Å². The van der Waals surface area contributed by atoms with Gasteiger partial charge in [-0.2, -0.15) is 0 Å². The van der Waals surface area contributed by atoms with Crippen LogP contribution in [-0.4, -0.2) is 10.9 Å². The Kier molecular flexibility index (Phi) is 3.55. The predicted octanol–water partition coefficient (Wildman–Crippen LogP) is -0.0833. The minimum Gasteiger partial charge on any atom is -0.545 e. The van der Waals surface area contributed by atoms with Gasteiger partial charge in [0.15, 0.2) is 0 Å². The number of nitrogen functional groups attached to an aromatic ring is 1. The van der Waals surface area contributed by atoms with Crippen LogP contribution in [-0.2, 0) is 0 Å². The second kappa shape index (κ2) is 4.19. The smallest absolute Gasteiger partial charge is 0.301 e. The first-order valence-corrected chi connectivity index (χ1v) is 3.28. The van der Waals surface area contributed by atoms with Crippen molar-refractivity contribution in [2.75, 3.05) is 5.73 Å². The molecule has 0 aliphatic heterocycles. The van der Waals surface area contributed by atoms with E-state index in [9.17, 15) is 20.0 Å². The summed E-state index contributed by atoms with van der Waals surface area (Å²) in [5.41, 5.74) is 3.91. The largest absolute Gasteiger partial charge is 0.545 e. The Balaban J connectivity index is 0.00000169. The SMILES string of the molecule is Nc1cccc(C(=O)[O-])c1[N+](=O)[O-].[NH4+]. The van der Waals surface area contributed by atoms with Crippen LogP contribution in [0.2, 0.25) is 0 Å². The van der Waals surface area contributed by atoms with Gasteiger partial charge in [0.05, 0.1) is 16.5 Å². The first kappa shape index (κ1) is 11.8. The molecule has 7 nitrogen and oxygen atoms in total. The van der Waals surface area contributed by atoms with Gasteiger partial charge in [0.25, 0.3) is 0 Å². The van der Waals surface area contributed by atoms with Crippen LogP contribution in [0.15, 0.2) is 18.2 Å². The Morgan fingerprint density at radius 3 is 2.36 bits per heavy atom. The summed E-state index contributed by atoms with van der Waals surface area (Å²) < 4.78 is 0. The van der Waals surface area contributed by atoms with Gasteiger partial charge in [-0.15, -0.1) is 0 Å². The molecule has 0 bridgehead atoms.